The number of hydrogen-bond donors (Lipinski definition) is 1. The van der Waals surface area contributed by atoms with Crippen LogP contribution in [0.1, 0.15) is 56.4 Å². The van der Waals surface area contributed by atoms with Crippen molar-refractivity contribution in [3.63, 3.8) is 0 Å². The minimum atomic E-state index is -0.660. The Morgan fingerprint density at radius 1 is 1.33 bits per heavy atom. The minimum absolute atomic E-state index is 0.136. The molecule has 1 fully saturated rings. The smallest absolute Gasteiger partial charge is 0.276 e. The summed E-state index contributed by atoms with van der Waals surface area (Å²) in [5.74, 6) is 0.364. The van der Waals surface area contributed by atoms with Gasteiger partial charge in [0.15, 0.2) is 0 Å². The van der Waals surface area contributed by atoms with E-state index in [-0.39, 0.29) is 22.5 Å². The Hall–Kier alpha value is -2.41. The zero-order valence-corrected chi connectivity index (χ0v) is 16.2. The summed E-state index contributed by atoms with van der Waals surface area (Å²) in [6.45, 7) is 4.10. The van der Waals surface area contributed by atoms with Crippen LogP contribution >= 0.6 is 11.6 Å². The van der Waals surface area contributed by atoms with Crippen LogP contribution in [0.25, 0.3) is 0 Å². The van der Waals surface area contributed by atoms with E-state index >= 15 is 0 Å². The molecule has 1 amide bonds. The van der Waals surface area contributed by atoms with Crippen LogP contribution in [0.15, 0.2) is 29.5 Å². The van der Waals surface area contributed by atoms with E-state index < -0.39 is 5.66 Å². The Morgan fingerprint density at radius 3 is 2.70 bits per heavy atom. The Kier molecular flexibility index (Phi) is 4.42. The summed E-state index contributed by atoms with van der Waals surface area (Å²) >= 11 is 6.50. The first kappa shape index (κ1) is 18.0. The SMILES string of the molecule is CCCC1(CC)N(C2CC2)C(=O)c2c(Cl)cc(Nc3ccncn3)c(=O)n21. The van der Waals surface area contributed by atoms with Gasteiger partial charge in [-0.05, 0) is 37.8 Å². The van der Waals surface area contributed by atoms with E-state index in [9.17, 15) is 9.59 Å². The fourth-order valence-corrected chi connectivity index (χ4v) is 4.43. The van der Waals surface area contributed by atoms with Gasteiger partial charge in [0.05, 0.1) is 5.02 Å². The first-order chi connectivity index (χ1) is 13.0. The lowest BCUT2D eigenvalue weighted by Gasteiger charge is -2.39. The van der Waals surface area contributed by atoms with Crippen LogP contribution in [0.5, 0.6) is 0 Å². The molecule has 2 aromatic rings. The van der Waals surface area contributed by atoms with Crippen molar-refractivity contribution in [1.82, 2.24) is 19.4 Å². The summed E-state index contributed by atoms with van der Waals surface area (Å²) in [7, 11) is 0. The molecule has 2 aromatic heterocycles. The van der Waals surface area contributed by atoms with E-state index in [4.69, 9.17) is 11.6 Å². The number of halogens is 1. The number of amides is 1. The molecule has 1 saturated carbocycles. The fourth-order valence-electron chi connectivity index (χ4n) is 4.16. The molecule has 4 rings (SSSR count). The largest absolute Gasteiger partial charge is 0.336 e. The number of carbonyl (C=O) groups excluding carboxylic acids is 1. The highest BCUT2D eigenvalue weighted by atomic mass is 35.5. The molecule has 2 aliphatic rings. The first-order valence-electron chi connectivity index (χ1n) is 9.36. The zero-order chi connectivity index (χ0) is 19.2. The number of nitrogens with zero attached hydrogens (tertiary/aromatic N) is 4. The van der Waals surface area contributed by atoms with Crippen LogP contribution in [0.4, 0.5) is 11.5 Å². The molecule has 27 heavy (non-hydrogen) atoms. The molecule has 0 aromatic carbocycles. The maximum atomic E-state index is 13.4. The quantitative estimate of drug-likeness (QED) is 0.820. The van der Waals surface area contributed by atoms with Gasteiger partial charge in [-0.25, -0.2) is 9.97 Å². The third-order valence-electron chi connectivity index (χ3n) is 5.41. The van der Waals surface area contributed by atoms with Crippen LogP contribution in [0.3, 0.4) is 0 Å². The molecule has 0 spiro atoms. The van der Waals surface area contributed by atoms with E-state index in [0.29, 0.717) is 30.0 Å². The monoisotopic (exact) mass is 387 g/mol. The molecule has 1 atom stereocenters. The average Bonchev–Trinajstić information content (AvgIpc) is 3.45. The number of hydrogen-bond acceptors (Lipinski definition) is 5. The third kappa shape index (κ3) is 2.72. The number of rotatable bonds is 6. The molecule has 1 unspecified atom stereocenters. The van der Waals surface area contributed by atoms with E-state index in [0.717, 1.165) is 19.3 Å². The van der Waals surface area contributed by atoms with Gasteiger partial charge in [-0.3, -0.25) is 14.2 Å². The van der Waals surface area contributed by atoms with Gasteiger partial charge in [-0.1, -0.05) is 31.9 Å². The molecule has 0 radical (unpaired) electrons. The number of anilines is 2. The van der Waals surface area contributed by atoms with Crippen LogP contribution in [0, 0.1) is 0 Å². The topological polar surface area (TPSA) is 80.1 Å². The molecular weight excluding hydrogens is 366 g/mol. The molecule has 142 valence electrons. The Bertz CT molecular complexity index is 941. The summed E-state index contributed by atoms with van der Waals surface area (Å²) in [4.78, 5) is 36.5. The molecule has 8 heteroatoms. The van der Waals surface area contributed by atoms with Crippen LogP contribution in [0.2, 0.25) is 5.02 Å². The molecule has 0 saturated heterocycles. The molecular formula is C19H22ClN5O2. The second-order valence-corrected chi connectivity index (χ2v) is 7.51. The number of pyridine rings is 1. The van der Waals surface area contributed by atoms with E-state index in [1.807, 2.05) is 11.8 Å². The predicted octanol–water partition coefficient (Wildman–Crippen LogP) is 3.52. The summed E-state index contributed by atoms with van der Waals surface area (Å²) in [5.41, 5.74) is -0.300. The highest BCUT2D eigenvalue weighted by Gasteiger charge is 2.54. The van der Waals surface area contributed by atoms with Gasteiger partial charge < -0.3 is 10.2 Å². The predicted molar refractivity (Wildman–Crippen MR) is 103 cm³/mol. The van der Waals surface area contributed by atoms with Gasteiger partial charge >= 0.3 is 0 Å². The highest BCUT2D eigenvalue weighted by Crippen LogP contribution is 2.46. The Labute approximate surface area is 162 Å². The summed E-state index contributed by atoms with van der Waals surface area (Å²) in [6.07, 6.45) is 7.17. The first-order valence-corrected chi connectivity index (χ1v) is 9.74. The van der Waals surface area contributed by atoms with E-state index in [2.05, 4.69) is 22.2 Å². The van der Waals surface area contributed by atoms with Crippen molar-refractivity contribution in [2.24, 2.45) is 0 Å². The average molecular weight is 388 g/mol. The molecule has 3 heterocycles. The molecule has 1 aliphatic carbocycles. The maximum absolute atomic E-state index is 13.4. The zero-order valence-electron chi connectivity index (χ0n) is 15.4. The van der Waals surface area contributed by atoms with Crippen molar-refractivity contribution in [3.05, 3.63) is 45.7 Å². The van der Waals surface area contributed by atoms with Gasteiger partial charge in [-0.2, -0.15) is 0 Å². The Balaban J connectivity index is 1.90. The molecule has 1 N–H and O–H groups in total. The van der Waals surface area contributed by atoms with Gasteiger partial charge in [-0.15, -0.1) is 0 Å². The third-order valence-corrected chi connectivity index (χ3v) is 5.70. The molecule has 7 nitrogen and oxygen atoms in total. The highest BCUT2D eigenvalue weighted by molar-refractivity contribution is 6.34. The van der Waals surface area contributed by atoms with Crippen LogP contribution in [-0.2, 0) is 5.66 Å². The van der Waals surface area contributed by atoms with Crippen LogP contribution in [-0.4, -0.2) is 31.4 Å². The van der Waals surface area contributed by atoms with Gasteiger partial charge in [0.1, 0.15) is 29.2 Å². The van der Waals surface area contributed by atoms with Crippen molar-refractivity contribution in [2.45, 2.75) is 57.7 Å². The summed E-state index contributed by atoms with van der Waals surface area (Å²) < 4.78 is 1.63. The lowest BCUT2D eigenvalue weighted by molar-refractivity contribution is 0.0231. The van der Waals surface area contributed by atoms with Crippen molar-refractivity contribution in [3.8, 4) is 0 Å². The van der Waals surface area contributed by atoms with Gasteiger partial charge in [0.25, 0.3) is 11.5 Å². The Morgan fingerprint density at radius 2 is 2.11 bits per heavy atom. The number of aromatic nitrogens is 3. The number of nitrogens with one attached hydrogen (secondary N) is 1. The second kappa shape index (κ2) is 6.64. The standard InChI is InChI=1S/C19H22ClN5O2/c1-3-8-19(4-2)24(12-5-6-12)18(27)16-13(20)10-14(17(26)25(16)19)23-15-7-9-21-11-22-15/h7,9-12H,3-6,8H2,1-2H3,(H,21,22,23). The van der Waals surface area contributed by atoms with Crippen molar-refractivity contribution in [1.29, 1.82) is 0 Å². The van der Waals surface area contributed by atoms with Gasteiger partial charge in [0.2, 0.25) is 0 Å². The molecule has 1 aliphatic heterocycles. The fraction of sp³-hybridized carbons (Fsp3) is 0.474. The lowest BCUT2D eigenvalue weighted by Crippen LogP contribution is -2.50. The minimum Gasteiger partial charge on any atom is -0.336 e. The summed E-state index contributed by atoms with van der Waals surface area (Å²) in [5, 5.41) is 3.31. The maximum Gasteiger partial charge on any atom is 0.276 e. The van der Waals surface area contributed by atoms with Crippen molar-refractivity contribution < 1.29 is 4.79 Å². The number of fused-ring (bicyclic) bond motifs is 1. The lowest BCUT2D eigenvalue weighted by atomic mass is 9.99. The molecule has 0 bridgehead atoms. The van der Waals surface area contributed by atoms with Crippen molar-refractivity contribution >= 4 is 29.0 Å². The normalized spacial score (nSPS) is 21.4. The summed E-state index contributed by atoms with van der Waals surface area (Å²) in [6, 6.07) is 3.39. The van der Waals surface area contributed by atoms with Crippen molar-refractivity contribution in [2.75, 3.05) is 5.32 Å². The van der Waals surface area contributed by atoms with Crippen LogP contribution < -0.4 is 10.9 Å². The van der Waals surface area contributed by atoms with E-state index in [1.165, 1.54) is 12.4 Å². The number of carbonyl (C=O) groups is 1. The van der Waals surface area contributed by atoms with E-state index in [1.54, 1.807) is 16.8 Å². The van der Waals surface area contributed by atoms with Gasteiger partial charge in [0, 0.05) is 12.2 Å². The second-order valence-electron chi connectivity index (χ2n) is 7.11.